The Bertz CT molecular complexity index is 876. The Morgan fingerprint density at radius 3 is 2.67 bits per heavy atom. The summed E-state index contributed by atoms with van der Waals surface area (Å²) in [6.45, 7) is 0.907. The highest BCUT2D eigenvalue weighted by atomic mass is 32.1. The van der Waals surface area contributed by atoms with E-state index in [1.807, 2.05) is 41.3 Å². The van der Waals surface area contributed by atoms with E-state index in [-0.39, 0.29) is 18.6 Å². The summed E-state index contributed by atoms with van der Waals surface area (Å²) in [5.74, 6) is 0.863. The van der Waals surface area contributed by atoms with Crippen LogP contribution in [0.4, 0.5) is 0 Å². The zero-order valence-electron chi connectivity index (χ0n) is 15.2. The molecule has 3 nitrogen and oxygen atoms in total. The molecule has 0 bridgehead atoms. The number of carbonyl (C=O) groups excluding carboxylic acids is 1. The normalized spacial score (nSPS) is 16.4. The molecule has 0 unspecified atom stereocenters. The van der Waals surface area contributed by atoms with Gasteiger partial charge in [0.15, 0.2) is 6.61 Å². The smallest absolute Gasteiger partial charge is 0.261 e. The van der Waals surface area contributed by atoms with E-state index in [0.717, 1.165) is 37.1 Å². The summed E-state index contributed by atoms with van der Waals surface area (Å²) in [6, 6.07) is 22.7. The maximum Gasteiger partial charge on any atom is 0.261 e. The number of carbonyl (C=O) groups is 1. The van der Waals surface area contributed by atoms with Gasteiger partial charge >= 0.3 is 0 Å². The molecule has 138 valence electrons. The minimum Gasteiger partial charge on any atom is -0.483 e. The van der Waals surface area contributed by atoms with Crippen LogP contribution in [0.5, 0.6) is 5.75 Å². The fourth-order valence-electron chi connectivity index (χ4n) is 3.67. The van der Waals surface area contributed by atoms with Crippen LogP contribution in [0, 0.1) is 0 Å². The standard InChI is InChI=1S/C23H23NO2S/c25-23(24-14-6-11-20(24)22-13-7-15-27-22)17-26-21-12-5-4-10-19(21)16-18-8-2-1-3-9-18/h1-5,7-10,12-13,15,20H,6,11,14,16-17H2/t20-/m0/s1. The van der Waals surface area contributed by atoms with E-state index in [4.69, 9.17) is 4.74 Å². The molecule has 2 heterocycles. The Balaban J connectivity index is 1.42. The van der Waals surface area contributed by atoms with Crippen molar-refractivity contribution in [2.75, 3.05) is 13.2 Å². The quantitative estimate of drug-likeness (QED) is 0.599. The molecule has 4 heteroatoms. The highest BCUT2D eigenvalue weighted by Crippen LogP contribution is 2.34. The van der Waals surface area contributed by atoms with Gasteiger partial charge in [-0.05, 0) is 41.5 Å². The molecule has 1 aliphatic heterocycles. The Morgan fingerprint density at radius 2 is 1.85 bits per heavy atom. The summed E-state index contributed by atoms with van der Waals surface area (Å²) in [5, 5.41) is 2.08. The summed E-state index contributed by atoms with van der Waals surface area (Å²) in [5.41, 5.74) is 2.34. The second-order valence-electron chi connectivity index (χ2n) is 6.82. The SMILES string of the molecule is O=C(COc1ccccc1Cc1ccccc1)N1CCC[C@H]1c1cccs1. The topological polar surface area (TPSA) is 29.5 Å². The molecular weight excluding hydrogens is 354 g/mol. The highest BCUT2D eigenvalue weighted by Gasteiger charge is 2.30. The number of benzene rings is 2. The van der Waals surface area contributed by atoms with Gasteiger partial charge in [-0.15, -0.1) is 11.3 Å². The number of para-hydroxylation sites is 1. The first-order chi connectivity index (χ1) is 13.3. The van der Waals surface area contributed by atoms with E-state index in [1.165, 1.54) is 10.4 Å². The third-order valence-electron chi connectivity index (χ3n) is 5.01. The lowest BCUT2D eigenvalue weighted by Crippen LogP contribution is -2.34. The van der Waals surface area contributed by atoms with Gasteiger partial charge in [-0.25, -0.2) is 0 Å². The number of likely N-dealkylation sites (tertiary alicyclic amines) is 1. The van der Waals surface area contributed by atoms with Gasteiger partial charge in [0.1, 0.15) is 5.75 Å². The van der Waals surface area contributed by atoms with Crippen molar-refractivity contribution in [2.24, 2.45) is 0 Å². The van der Waals surface area contributed by atoms with Crippen LogP contribution in [0.25, 0.3) is 0 Å². The second kappa shape index (κ2) is 8.40. The zero-order chi connectivity index (χ0) is 18.5. The van der Waals surface area contributed by atoms with E-state index in [1.54, 1.807) is 11.3 Å². The van der Waals surface area contributed by atoms with Gasteiger partial charge in [-0.1, -0.05) is 54.6 Å². The molecule has 2 aromatic carbocycles. The summed E-state index contributed by atoms with van der Waals surface area (Å²) in [7, 11) is 0. The van der Waals surface area contributed by atoms with Crippen molar-refractivity contribution in [2.45, 2.75) is 25.3 Å². The lowest BCUT2D eigenvalue weighted by Gasteiger charge is -2.24. The van der Waals surface area contributed by atoms with Crippen LogP contribution in [0.2, 0.25) is 0 Å². The van der Waals surface area contributed by atoms with E-state index in [9.17, 15) is 4.79 Å². The summed E-state index contributed by atoms with van der Waals surface area (Å²) < 4.78 is 5.96. The summed E-state index contributed by atoms with van der Waals surface area (Å²) in [6.07, 6.45) is 2.89. The van der Waals surface area contributed by atoms with Gasteiger partial charge in [-0.3, -0.25) is 4.79 Å². The predicted molar refractivity (Wildman–Crippen MR) is 109 cm³/mol. The number of nitrogens with zero attached hydrogens (tertiary/aromatic N) is 1. The monoisotopic (exact) mass is 377 g/mol. The zero-order valence-corrected chi connectivity index (χ0v) is 16.0. The largest absolute Gasteiger partial charge is 0.483 e. The van der Waals surface area contributed by atoms with Gasteiger partial charge in [0.2, 0.25) is 0 Å². The molecule has 0 aliphatic carbocycles. The first-order valence-electron chi connectivity index (χ1n) is 9.39. The number of ether oxygens (including phenoxy) is 1. The van der Waals surface area contributed by atoms with E-state index >= 15 is 0 Å². The molecule has 1 aliphatic rings. The van der Waals surface area contributed by atoms with Gasteiger partial charge < -0.3 is 9.64 Å². The second-order valence-corrected chi connectivity index (χ2v) is 7.80. The maximum absolute atomic E-state index is 12.8. The van der Waals surface area contributed by atoms with Gasteiger partial charge in [0.25, 0.3) is 5.91 Å². The Morgan fingerprint density at radius 1 is 1.04 bits per heavy atom. The number of hydrogen-bond donors (Lipinski definition) is 0. The van der Waals surface area contributed by atoms with Gasteiger partial charge in [0, 0.05) is 17.8 Å². The molecule has 0 N–H and O–H groups in total. The number of amides is 1. The fourth-order valence-corrected chi connectivity index (χ4v) is 4.54. The lowest BCUT2D eigenvalue weighted by atomic mass is 10.0. The molecular formula is C23H23NO2S. The molecule has 3 aromatic rings. The highest BCUT2D eigenvalue weighted by molar-refractivity contribution is 7.10. The van der Waals surface area contributed by atoms with Crippen molar-refractivity contribution in [1.82, 2.24) is 4.90 Å². The van der Waals surface area contributed by atoms with Crippen LogP contribution < -0.4 is 4.74 Å². The van der Waals surface area contributed by atoms with Crippen LogP contribution >= 0.6 is 11.3 Å². The Labute approximate surface area is 164 Å². The van der Waals surface area contributed by atoms with Crippen molar-refractivity contribution in [3.05, 3.63) is 88.1 Å². The van der Waals surface area contributed by atoms with Crippen LogP contribution in [-0.2, 0) is 11.2 Å². The number of thiophene rings is 1. The number of hydrogen-bond acceptors (Lipinski definition) is 3. The molecule has 1 aromatic heterocycles. The predicted octanol–water partition coefficient (Wildman–Crippen LogP) is 5.08. The van der Waals surface area contributed by atoms with Crippen molar-refractivity contribution in [3.63, 3.8) is 0 Å². The van der Waals surface area contributed by atoms with Gasteiger partial charge in [-0.2, -0.15) is 0 Å². The molecule has 0 saturated carbocycles. The van der Waals surface area contributed by atoms with Crippen molar-refractivity contribution in [1.29, 1.82) is 0 Å². The van der Waals surface area contributed by atoms with Gasteiger partial charge in [0.05, 0.1) is 6.04 Å². The average Bonchev–Trinajstić information content (AvgIpc) is 3.39. The average molecular weight is 378 g/mol. The van der Waals surface area contributed by atoms with Crippen molar-refractivity contribution >= 4 is 17.2 Å². The minimum absolute atomic E-state index is 0.0698. The fraction of sp³-hybridized carbons (Fsp3) is 0.261. The maximum atomic E-state index is 12.8. The first-order valence-corrected chi connectivity index (χ1v) is 10.3. The lowest BCUT2D eigenvalue weighted by molar-refractivity contribution is -0.134. The number of rotatable bonds is 6. The van der Waals surface area contributed by atoms with Crippen LogP contribution in [0.1, 0.15) is 34.9 Å². The molecule has 1 amide bonds. The molecule has 27 heavy (non-hydrogen) atoms. The van der Waals surface area contributed by atoms with Crippen molar-refractivity contribution in [3.8, 4) is 5.75 Å². The summed E-state index contributed by atoms with van der Waals surface area (Å²) >= 11 is 1.72. The summed E-state index contributed by atoms with van der Waals surface area (Å²) in [4.78, 5) is 16.0. The molecule has 1 saturated heterocycles. The van der Waals surface area contributed by atoms with E-state index in [2.05, 4.69) is 35.7 Å². The van der Waals surface area contributed by atoms with Crippen LogP contribution in [0.15, 0.2) is 72.1 Å². The van der Waals surface area contributed by atoms with E-state index in [0.29, 0.717) is 0 Å². The van der Waals surface area contributed by atoms with Crippen LogP contribution in [0.3, 0.4) is 0 Å². The Kier molecular flexibility index (Phi) is 5.54. The van der Waals surface area contributed by atoms with Crippen LogP contribution in [-0.4, -0.2) is 24.0 Å². The van der Waals surface area contributed by atoms with Crippen molar-refractivity contribution < 1.29 is 9.53 Å². The third kappa shape index (κ3) is 4.22. The Hall–Kier alpha value is -2.59. The molecule has 4 rings (SSSR count). The molecule has 0 spiro atoms. The molecule has 0 radical (unpaired) electrons. The molecule has 1 fully saturated rings. The molecule has 1 atom stereocenters. The minimum atomic E-state index is 0.0698. The van der Waals surface area contributed by atoms with E-state index < -0.39 is 0 Å². The third-order valence-corrected chi connectivity index (χ3v) is 5.98. The first kappa shape index (κ1) is 17.8.